The summed E-state index contributed by atoms with van der Waals surface area (Å²) in [6.45, 7) is 7.69. The Bertz CT molecular complexity index is 755. The van der Waals surface area contributed by atoms with Gasteiger partial charge in [0.1, 0.15) is 5.82 Å². The monoisotopic (exact) mass is 360 g/mol. The Morgan fingerprint density at radius 1 is 1.28 bits per heavy atom. The zero-order valence-corrected chi connectivity index (χ0v) is 16.2. The molecule has 1 saturated carbocycles. The first-order chi connectivity index (χ1) is 11.8. The Balaban J connectivity index is 1.95. The van der Waals surface area contributed by atoms with Crippen molar-refractivity contribution in [2.75, 3.05) is 5.75 Å². The Hall–Kier alpha value is -1.49. The molecule has 1 aliphatic carbocycles. The summed E-state index contributed by atoms with van der Waals surface area (Å²) < 4.78 is 2.41. The number of fused-ring (bicyclic) bond motifs is 1. The standard InChI is InChI=1S/C20H28N2O2S/c1-20(2,3)19-21-16-11-15(25-13-18(23)24)9-10-17(16)22(19)12-14-7-5-4-6-8-14/h9-11,14H,4-8,12-13H2,1-3H3,(H,23,24). The smallest absolute Gasteiger partial charge is 0.313 e. The molecule has 0 unspecified atom stereocenters. The van der Waals surface area contributed by atoms with Gasteiger partial charge in [0.15, 0.2) is 0 Å². The molecule has 1 N–H and O–H groups in total. The van der Waals surface area contributed by atoms with E-state index in [1.54, 1.807) is 0 Å². The van der Waals surface area contributed by atoms with E-state index in [1.807, 2.05) is 12.1 Å². The quantitative estimate of drug-likeness (QED) is 0.755. The van der Waals surface area contributed by atoms with Crippen LogP contribution in [0.2, 0.25) is 0 Å². The molecule has 0 atom stereocenters. The average molecular weight is 361 g/mol. The number of benzene rings is 1. The second kappa shape index (κ2) is 7.40. The Kier molecular flexibility index (Phi) is 5.42. The maximum atomic E-state index is 10.8. The number of aliphatic carboxylic acids is 1. The number of hydrogen-bond donors (Lipinski definition) is 1. The van der Waals surface area contributed by atoms with E-state index in [0.717, 1.165) is 28.7 Å². The van der Waals surface area contributed by atoms with Crippen LogP contribution >= 0.6 is 11.8 Å². The van der Waals surface area contributed by atoms with E-state index in [4.69, 9.17) is 10.1 Å². The molecule has 0 bridgehead atoms. The largest absolute Gasteiger partial charge is 0.481 e. The summed E-state index contributed by atoms with van der Waals surface area (Å²) in [5.74, 6) is 1.17. The fraction of sp³-hybridized carbons (Fsp3) is 0.600. The SMILES string of the molecule is CC(C)(C)c1nc2cc(SCC(=O)O)ccc2n1CC1CCCCC1. The minimum absolute atomic E-state index is 0.0118. The Morgan fingerprint density at radius 2 is 2.00 bits per heavy atom. The van der Waals surface area contributed by atoms with E-state index < -0.39 is 5.97 Å². The zero-order chi connectivity index (χ0) is 18.0. The third-order valence-corrected chi connectivity index (χ3v) is 5.90. The summed E-state index contributed by atoms with van der Waals surface area (Å²) in [6, 6.07) is 6.18. The van der Waals surface area contributed by atoms with Crippen LogP contribution in [-0.2, 0) is 16.8 Å². The van der Waals surface area contributed by atoms with Gasteiger partial charge in [-0.3, -0.25) is 4.79 Å². The summed E-state index contributed by atoms with van der Waals surface area (Å²) >= 11 is 1.35. The van der Waals surface area contributed by atoms with Crippen LogP contribution in [0.4, 0.5) is 0 Å². The molecule has 2 aromatic rings. The lowest BCUT2D eigenvalue weighted by atomic mass is 9.88. The summed E-state index contributed by atoms with van der Waals surface area (Å²) in [4.78, 5) is 16.7. The number of aromatic nitrogens is 2. The summed E-state index contributed by atoms with van der Waals surface area (Å²) in [6.07, 6.45) is 6.69. The van der Waals surface area contributed by atoms with Gasteiger partial charge in [-0.15, -0.1) is 11.8 Å². The molecule has 1 aromatic carbocycles. The third-order valence-electron chi connectivity index (χ3n) is 4.92. The molecule has 0 amide bonds. The van der Waals surface area contributed by atoms with Gasteiger partial charge in [0, 0.05) is 16.9 Å². The number of carboxylic acids is 1. The second-order valence-corrected chi connectivity index (χ2v) is 9.18. The Labute approximate surface area is 154 Å². The molecule has 0 saturated heterocycles. The van der Waals surface area contributed by atoms with Crippen LogP contribution in [-0.4, -0.2) is 26.4 Å². The van der Waals surface area contributed by atoms with E-state index in [1.165, 1.54) is 49.4 Å². The molecule has 1 fully saturated rings. The number of nitrogens with zero attached hydrogens (tertiary/aromatic N) is 2. The summed E-state index contributed by atoms with van der Waals surface area (Å²) in [5.41, 5.74) is 2.15. The van der Waals surface area contributed by atoms with Gasteiger partial charge in [0.2, 0.25) is 0 Å². The number of rotatable bonds is 5. The number of imidazole rings is 1. The normalized spacial score (nSPS) is 16.4. The van der Waals surface area contributed by atoms with Crippen LogP contribution < -0.4 is 0 Å². The van der Waals surface area contributed by atoms with Gasteiger partial charge in [-0.2, -0.15) is 0 Å². The maximum Gasteiger partial charge on any atom is 0.313 e. The fourth-order valence-electron chi connectivity index (χ4n) is 3.73. The van der Waals surface area contributed by atoms with Crippen molar-refractivity contribution in [3.63, 3.8) is 0 Å². The highest BCUT2D eigenvalue weighted by molar-refractivity contribution is 8.00. The first-order valence-corrected chi connectivity index (χ1v) is 10.2. The van der Waals surface area contributed by atoms with Crippen LogP contribution in [0.1, 0.15) is 58.7 Å². The Morgan fingerprint density at radius 3 is 2.64 bits per heavy atom. The molecular weight excluding hydrogens is 332 g/mol. The molecule has 1 heterocycles. The van der Waals surface area contributed by atoms with Gasteiger partial charge in [0.05, 0.1) is 16.8 Å². The minimum atomic E-state index is -0.789. The molecule has 0 spiro atoms. The predicted molar refractivity (Wildman–Crippen MR) is 103 cm³/mol. The van der Waals surface area contributed by atoms with Gasteiger partial charge in [-0.1, -0.05) is 40.0 Å². The molecule has 0 radical (unpaired) electrons. The predicted octanol–water partition coefficient (Wildman–Crippen LogP) is 5.09. The molecule has 25 heavy (non-hydrogen) atoms. The maximum absolute atomic E-state index is 10.8. The second-order valence-electron chi connectivity index (χ2n) is 8.13. The van der Waals surface area contributed by atoms with Crippen LogP contribution in [0.15, 0.2) is 23.1 Å². The fourth-order valence-corrected chi connectivity index (χ4v) is 4.38. The number of carbonyl (C=O) groups is 1. The van der Waals surface area contributed by atoms with Crippen molar-refractivity contribution in [3.05, 3.63) is 24.0 Å². The molecular formula is C20H28N2O2S. The van der Waals surface area contributed by atoms with Crippen molar-refractivity contribution in [1.82, 2.24) is 9.55 Å². The molecule has 1 aliphatic rings. The van der Waals surface area contributed by atoms with Crippen molar-refractivity contribution in [3.8, 4) is 0 Å². The van der Waals surface area contributed by atoms with Crippen molar-refractivity contribution < 1.29 is 9.90 Å². The van der Waals surface area contributed by atoms with E-state index in [9.17, 15) is 4.79 Å². The summed E-state index contributed by atoms with van der Waals surface area (Å²) in [5, 5.41) is 8.88. The van der Waals surface area contributed by atoms with Crippen molar-refractivity contribution in [2.24, 2.45) is 5.92 Å². The highest BCUT2D eigenvalue weighted by atomic mass is 32.2. The number of thioether (sulfide) groups is 1. The van der Waals surface area contributed by atoms with Gasteiger partial charge in [-0.25, -0.2) is 4.98 Å². The van der Waals surface area contributed by atoms with Crippen molar-refractivity contribution >= 4 is 28.8 Å². The molecule has 5 heteroatoms. The van der Waals surface area contributed by atoms with Gasteiger partial charge < -0.3 is 9.67 Å². The molecule has 136 valence electrons. The third kappa shape index (κ3) is 4.38. The molecule has 1 aromatic heterocycles. The van der Waals surface area contributed by atoms with Crippen molar-refractivity contribution in [1.29, 1.82) is 0 Å². The highest BCUT2D eigenvalue weighted by Crippen LogP contribution is 2.32. The van der Waals surface area contributed by atoms with Gasteiger partial charge >= 0.3 is 5.97 Å². The molecule has 4 nitrogen and oxygen atoms in total. The van der Waals surface area contributed by atoms with Crippen LogP contribution in [0, 0.1) is 5.92 Å². The first kappa shape index (κ1) is 18.3. The van der Waals surface area contributed by atoms with Gasteiger partial charge in [0.25, 0.3) is 0 Å². The van der Waals surface area contributed by atoms with E-state index in [2.05, 4.69) is 31.4 Å². The average Bonchev–Trinajstić information content (AvgIpc) is 2.92. The lowest BCUT2D eigenvalue weighted by Crippen LogP contribution is -2.22. The lowest BCUT2D eigenvalue weighted by molar-refractivity contribution is -0.133. The topological polar surface area (TPSA) is 55.1 Å². The van der Waals surface area contributed by atoms with E-state index in [-0.39, 0.29) is 11.2 Å². The first-order valence-electron chi connectivity index (χ1n) is 9.20. The zero-order valence-electron chi connectivity index (χ0n) is 15.4. The lowest BCUT2D eigenvalue weighted by Gasteiger charge is -2.26. The van der Waals surface area contributed by atoms with Crippen LogP contribution in [0.5, 0.6) is 0 Å². The van der Waals surface area contributed by atoms with E-state index in [0.29, 0.717) is 0 Å². The number of carboxylic acid groups (broad SMARTS) is 1. The van der Waals surface area contributed by atoms with Crippen LogP contribution in [0.25, 0.3) is 11.0 Å². The van der Waals surface area contributed by atoms with Gasteiger partial charge in [-0.05, 0) is 37.0 Å². The molecule has 0 aliphatic heterocycles. The summed E-state index contributed by atoms with van der Waals surface area (Å²) in [7, 11) is 0. The van der Waals surface area contributed by atoms with Crippen molar-refractivity contribution in [2.45, 2.75) is 69.7 Å². The minimum Gasteiger partial charge on any atom is -0.481 e. The number of hydrogen-bond acceptors (Lipinski definition) is 3. The van der Waals surface area contributed by atoms with E-state index >= 15 is 0 Å². The van der Waals surface area contributed by atoms with Crippen LogP contribution in [0.3, 0.4) is 0 Å². The molecule has 3 rings (SSSR count). The highest BCUT2D eigenvalue weighted by Gasteiger charge is 2.25.